The SMILES string of the molecule is Cc1ccn(C2CCCCCC2O)n1. The summed E-state index contributed by atoms with van der Waals surface area (Å²) in [5.74, 6) is 0. The zero-order valence-electron chi connectivity index (χ0n) is 8.69. The highest BCUT2D eigenvalue weighted by molar-refractivity contribution is 4.97. The van der Waals surface area contributed by atoms with Crippen LogP contribution in [-0.2, 0) is 0 Å². The minimum absolute atomic E-state index is 0.200. The molecule has 0 aromatic carbocycles. The molecule has 0 saturated heterocycles. The number of aliphatic hydroxyl groups is 1. The molecule has 78 valence electrons. The highest BCUT2D eigenvalue weighted by Crippen LogP contribution is 2.26. The highest BCUT2D eigenvalue weighted by Gasteiger charge is 2.23. The van der Waals surface area contributed by atoms with Crippen LogP contribution in [0.1, 0.15) is 43.8 Å². The maximum absolute atomic E-state index is 9.95. The number of hydrogen-bond acceptors (Lipinski definition) is 2. The van der Waals surface area contributed by atoms with Crippen molar-refractivity contribution in [1.82, 2.24) is 9.78 Å². The van der Waals surface area contributed by atoms with Crippen molar-refractivity contribution in [2.24, 2.45) is 0 Å². The molecule has 0 radical (unpaired) electrons. The van der Waals surface area contributed by atoms with Gasteiger partial charge >= 0.3 is 0 Å². The molecule has 2 unspecified atom stereocenters. The smallest absolute Gasteiger partial charge is 0.0778 e. The average molecular weight is 194 g/mol. The molecule has 1 fully saturated rings. The van der Waals surface area contributed by atoms with Crippen LogP contribution in [0.2, 0.25) is 0 Å². The van der Waals surface area contributed by atoms with Crippen LogP contribution in [0.3, 0.4) is 0 Å². The van der Waals surface area contributed by atoms with Gasteiger partial charge in [-0.15, -0.1) is 0 Å². The van der Waals surface area contributed by atoms with Crippen molar-refractivity contribution < 1.29 is 5.11 Å². The summed E-state index contributed by atoms with van der Waals surface area (Å²) in [4.78, 5) is 0. The second kappa shape index (κ2) is 4.13. The summed E-state index contributed by atoms with van der Waals surface area (Å²) < 4.78 is 1.94. The third-order valence-electron chi connectivity index (χ3n) is 3.03. The Morgan fingerprint density at radius 2 is 2.14 bits per heavy atom. The monoisotopic (exact) mass is 194 g/mol. The number of aryl methyl sites for hydroxylation is 1. The molecule has 0 spiro atoms. The second-order valence-electron chi connectivity index (χ2n) is 4.21. The van der Waals surface area contributed by atoms with E-state index in [2.05, 4.69) is 5.10 Å². The molecule has 1 N–H and O–H groups in total. The van der Waals surface area contributed by atoms with Crippen molar-refractivity contribution in [3.63, 3.8) is 0 Å². The Balaban J connectivity index is 2.14. The third-order valence-corrected chi connectivity index (χ3v) is 3.03. The van der Waals surface area contributed by atoms with Gasteiger partial charge < -0.3 is 5.11 Å². The lowest BCUT2D eigenvalue weighted by atomic mass is 10.1. The van der Waals surface area contributed by atoms with Gasteiger partial charge in [-0.3, -0.25) is 4.68 Å². The molecule has 0 amide bonds. The van der Waals surface area contributed by atoms with E-state index in [1.165, 1.54) is 12.8 Å². The van der Waals surface area contributed by atoms with Crippen LogP contribution in [0.25, 0.3) is 0 Å². The van der Waals surface area contributed by atoms with E-state index in [1.54, 1.807) is 0 Å². The molecule has 3 nitrogen and oxygen atoms in total. The van der Waals surface area contributed by atoms with Gasteiger partial charge in [-0.2, -0.15) is 5.10 Å². The highest BCUT2D eigenvalue weighted by atomic mass is 16.3. The molecule has 0 aliphatic heterocycles. The van der Waals surface area contributed by atoms with Crippen molar-refractivity contribution in [2.45, 2.75) is 51.2 Å². The van der Waals surface area contributed by atoms with E-state index in [0.717, 1.165) is 25.0 Å². The predicted molar refractivity (Wildman–Crippen MR) is 55.1 cm³/mol. The van der Waals surface area contributed by atoms with Gasteiger partial charge in [-0.05, 0) is 25.8 Å². The van der Waals surface area contributed by atoms with Gasteiger partial charge in [0.1, 0.15) is 0 Å². The first kappa shape index (κ1) is 9.71. The summed E-state index contributed by atoms with van der Waals surface area (Å²) in [6, 6.07) is 2.20. The Labute approximate surface area is 84.7 Å². The number of nitrogens with zero attached hydrogens (tertiary/aromatic N) is 2. The van der Waals surface area contributed by atoms with Crippen molar-refractivity contribution in [2.75, 3.05) is 0 Å². The van der Waals surface area contributed by atoms with Crippen molar-refractivity contribution in [3.8, 4) is 0 Å². The molecule has 0 bridgehead atoms. The van der Waals surface area contributed by atoms with Crippen LogP contribution in [0.4, 0.5) is 0 Å². The Morgan fingerprint density at radius 3 is 2.86 bits per heavy atom. The number of rotatable bonds is 1. The Hall–Kier alpha value is -0.830. The van der Waals surface area contributed by atoms with Gasteiger partial charge in [-0.25, -0.2) is 0 Å². The molecular weight excluding hydrogens is 176 g/mol. The lowest BCUT2D eigenvalue weighted by molar-refractivity contribution is 0.0989. The van der Waals surface area contributed by atoms with Gasteiger partial charge in [0.05, 0.1) is 17.8 Å². The molecule has 1 aliphatic carbocycles. The molecule has 14 heavy (non-hydrogen) atoms. The van der Waals surface area contributed by atoms with Gasteiger partial charge in [0.15, 0.2) is 0 Å². The van der Waals surface area contributed by atoms with Crippen LogP contribution in [0.5, 0.6) is 0 Å². The van der Waals surface area contributed by atoms with E-state index in [1.807, 2.05) is 23.9 Å². The molecule has 1 saturated carbocycles. The van der Waals surface area contributed by atoms with Crippen LogP contribution in [0.15, 0.2) is 12.3 Å². The molecule has 2 atom stereocenters. The zero-order chi connectivity index (χ0) is 9.97. The summed E-state index contributed by atoms with van der Waals surface area (Å²) >= 11 is 0. The number of hydrogen-bond donors (Lipinski definition) is 1. The number of aliphatic hydroxyl groups excluding tert-OH is 1. The van der Waals surface area contributed by atoms with Crippen LogP contribution < -0.4 is 0 Å². The second-order valence-corrected chi connectivity index (χ2v) is 4.21. The molecule has 1 aromatic rings. The number of aromatic nitrogens is 2. The topological polar surface area (TPSA) is 38.0 Å². The van der Waals surface area contributed by atoms with E-state index in [0.29, 0.717) is 0 Å². The fourth-order valence-corrected chi connectivity index (χ4v) is 2.19. The third kappa shape index (κ3) is 1.98. The normalized spacial score (nSPS) is 28.7. The Morgan fingerprint density at radius 1 is 1.36 bits per heavy atom. The lowest BCUT2D eigenvalue weighted by Gasteiger charge is -2.20. The molecule has 1 aromatic heterocycles. The molecule has 2 rings (SSSR count). The van der Waals surface area contributed by atoms with Gasteiger partial charge in [-0.1, -0.05) is 19.3 Å². The standard InChI is InChI=1S/C11H18N2O/c1-9-7-8-13(12-9)10-5-3-2-4-6-11(10)14/h7-8,10-11,14H,2-6H2,1H3. The molecule has 1 heterocycles. The Bertz CT molecular complexity index is 295. The van der Waals surface area contributed by atoms with E-state index >= 15 is 0 Å². The van der Waals surface area contributed by atoms with Gasteiger partial charge in [0.2, 0.25) is 0 Å². The van der Waals surface area contributed by atoms with E-state index in [-0.39, 0.29) is 12.1 Å². The average Bonchev–Trinajstić information content (AvgIpc) is 2.46. The first-order valence-corrected chi connectivity index (χ1v) is 5.47. The van der Waals surface area contributed by atoms with E-state index < -0.39 is 0 Å². The summed E-state index contributed by atoms with van der Waals surface area (Å²) in [6.45, 7) is 1.99. The van der Waals surface area contributed by atoms with Gasteiger partial charge in [0, 0.05) is 6.20 Å². The first-order chi connectivity index (χ1) is 6.77. The van der Waals surface area contributed by atoms with Crippen LogP contribution in [0, 0.1) is 6.92 Å². The van der Waals surface area contributed by atoms with Crippen molar-refractivity contribution >= 4 is 0 Å². The summed E-state index contributed by atoms with van der Waals surface area (Å²) in [6.07, 6.45) is 7.35. The van der Waals surface area contributed by atoms with Crippen LogP contribution in [-0.4, -0.2) is 21.0 Å². The van der Waals surface area contributed by atoms with E-state index in [4.69, 9.17) is 0 Å². The minimum atomic E-state index is -0.211. The summed E-state index contributed by atoms with van der Waals surface area (Å²) in [5, 5.41) is 14.3. The van der Waals surface area contributed by atoms with Crippen LogP contribution >= 0.6 is 0 Å². The predicted octanol–water partition coefficient (Wildman–Crippen LogP) is 2.06. The summed E-state index contributed by atoms with van der Waals surface area (Å²) in [5.41, 5.74) is 1.03. The van der Waals surface area contributed by atoms with Gasteiger partial charge in [0.25, 0.3) is 0 Å². The fraction of sp³-hybridized carbons (Fsp3) is 0.727. The molecule has 1 aliphatic rings. The molecular formula is C11H18N2O. The Kier molecular flexibility index (Phi) is 2.87. The summed E-state index contributed by atoms with van der Waals surface area (Å²) in [7, 11) is 0. The quantitative estimate of drug-likeness (QED) is 0.695. The maximum Gasteiger partial charge on any atom is 0.0778 e. The minimum Gasteiger partial charge on any atom is -0.391 e. The van der Waals surface area contributed by atoms with E-state index in [9.17, 15) is 5.11 Å². The lowest BCUT2D eigenvalue weighted by Crippen LogP contribution is -2.23. The van der Waals surface area contributed by atoms with Crippen molar-refractivity contribution in [3.05, 3.63) is 18.0 Å². The van der Waals surface area contributed by atoms with Crippen molar-refractivity contribution in [1.29, 1.82) is 0 Å². The molecule has 3 heteroatoms. The zero-order valence-corrected chi connectivity index (χ0v) is 8.69. The first-order valence-electron chi connectivity index (χ1n) is 5.47. The fourth-order valence-electron chi connectivity index (χ4n) is 2.19. The maximum atomic E-state index is 9.95. The largest absolute Gasteiger partial charge is 0.391 e.